The number of fused-ring (bicyclic) bond motifs is 8. The fraction of sp³-hybridized carbons (Fsp3) is 0.0213. The highest BCUT2D eigenvalue weighted by atomic mass is 32.1. The van der Waals surface area contributed by atoms with Gasteiger partial charge in [-0.15, -0.1) is 11.3 Å². The summed E-state index contributed by atoms with van der Waals surface area (Å²) in [6.07, 6.45) is 4.58. The van der Waals surface area contributed by atoms with Crippen LogP contribution in [0.4, 0.5) is 22.1 Å². The summed E-state index contributed by atoms with van der Waals surface area (Å²) in [5.41, 5.74) is 8.35. The molecule has 236 valence electrons. The first-order chi connectivity index (χ1) is 24.8. The molecule has 0 spiro atoms. The molecule has 0 saturated carbocycles. The minimum absolute atomic E-state index is 0.109. The van der Waals surface area contributed by atoms with Crippen LogP contribution < -0.4 is 10.2 Å². The fourth-order valence-corrected chi connectivity index (χ4v) is 8.78. The molecule has 1 aliphatic heterocycles. The van der Waals surface area contributed by atoms with E-state index in [4.69, 9.17) is 0 Å². The molecule has 3 heteroatoms. The van der Waals surface area contributed by atoms with E-state index in [0.717, 1.165) is 17.1 Å². The minimum atomic E-state index is 0.109. The van der Waals surface area contributed by atoms with Gasteiger partial charge in [0, 0.05) is 32.4 Å². The molecular weight excluding hydrogens is 625 g/mol. The van der Waals surface area contributed by atoms with Gasteiger partial charge in [0.2, 0.25) is 0 Å². The first kappa shape index (κ1) is 28.8. The molecule has 0 saturated heterocycles. The Morgan fingerprint density at radius 3 is 1.92 bits per heavy atom. The van der Waals surface area contributed by atoms with E-state index in [9.17, 15) is 0 Å². The van der Waals surface area contributed by atoms with Crippen LogP contribution >= 0.6 is 11.3 Å². The standard InChI is InChI=1S/C47H32N2S/c1-2-10-31(11-3-1)32-20-24-36(25-21-32)49(44-30-35-19-18-33-12-4-5-13-38(33)46(35)41-16-7-6-14-39(41)44)37-26-22-34(23-27-37)43-29-28-42-40-15-8-9-17-45(40)50-47(42)48-43/h1-30,43,48H. The van der Waals surface area contributed by atoms with Gasteiger partial charge in [0.05, 0.1) is 16.7 Å². The monoisotopic (exact) mass is 656 g/mol. The fourth-order valence-electron chi connectivity index (χ4n) is 7.65. The first-order valence-corrected chi connectivity index (χ1v) is 18.0. The van der Waals surface area contributed by atoms with Gasteiger partial charge in [-0.2, -0.15) is 0 Å². The van der Waals surface area contributed by atoms with Crippen molar-refractivity contribution in [3.8, 4) is 11.1 Å². The molecule has 0 amide bonds. The number of hydrogen-bond donors (Lipinski definition) is 1. The summed E-state index contributed by atoms with van der Waals surface area (Å²) < 4.78 is 1.31. The Hall–Kier alpha value is -6.16. The third-order valence-corrected chi connectivity index (χ3v) is 11.2. The van der Waals surface area contributed by atoms with Crippen LogP contribution in [0.1, 0.15) is 17.2 Å². The molecule has 0 fully saturated rings. The Morgan fingerprint density at radius 2 is 1.12 bits per heavy atom. The van der Waals surface area contributed by atoms with E-state index in [0.29, 0.717) is 0 Å². The van der Waals surface area contributed by atoms with Crippen LogP contribution in [-0.4, -0.2) is 0 Å². The Labute approximate surface area is 295 Å². The van der Waals surface area contributed by atoms with Gasteiger partial charge in [-0.3, -0.25) is 0 Å². The van der Waals surface area contributed by atoms with Crippen molar-refractivity contribution in [1.82, 2.24) is 0 Å². The van der Waals surface area contributed by atoms with Crippen molar-refractivity contribution in [1.29, 1.82) is 0 Å². The van der Waals surface area contributed by atoms with Gasteiger partial charge in [0.25, 0.3) is 0 Å². The van der Waals surface area contributed by atoms with Crippen molar-refractivity contribution < 1.29 is 0 Å². The van der Waals surface area contributed by atoms with Crippen LogP contribution in [0.15, 0.2) is 176 Å². The number of thiophene rings is 1. The molecule has 1 unspecified atom stereocenters. The van der Waals surface area contributed by atoms with Gasteiger partial charge < -0.3 is 10.2 Å². The molecule has 1 aromatic heterocycles. The first-order valence-electron chi connectivity index (χ1n) is 17.1. The van der Waals surface area contributed by atoms with Gasteiger partial charge >= 0.3 is 0 Å². The molecule has 9 aromatic rings. The smallest absolute Gasteiger partial charge is 0.0975 e. The number of rotatable bonds is 5. The predicted octanol–water partition coefficient (Wildman–Crippen LogP) is 13.7. The minimum Gasteiger partial charge on any atom is -0.366 e. The normalized spacial score (nSPS) is 13.9. The average Bonchev–Trinajstić information content (AvgIpc) is 3.57. The van der Waals surface area contributed by atoms with Crippen molar-refractivity contribution in [2.45, 2.75) is 6.04 Å². The molecule has 1 atom stereocenters. The summed E-state index contributed by atoms with van der Waals surface area (Å²) in [5.74, 6) is 0. The van der Waals surface area contributed by atoms with Crippen molar-refractivity contribution in [2.24, 2.45) is 0 Å². The summed E-state index contributed by atoms with van der Waals surface area (Å²) in [7, 11) is 0. The van der Waals surface area contributed by atoms with E-state index < -0.39 is 0 Å². The van der Waals surface area contributed by atoms with E-state index in [1.54, 1.807) is 0 Å². The lowest BCUT2D eigenvalue weighted by molar-refractivity contribution is 0.987. The maximum atomic E-state index is 3.81. The zero-order valence-electron chi connectivity index (χ0n) is 27.3. The third kappa shape index (κ3) is 4.78. The molecule has 0 aliphatic carbocycles. The Kier molecular flexibility index (Phi) is 6.78. The molecule has 8 aromatic carbocycles. The van der Waals surface area contributed by atoms with Crippen LogP contribution in [0.25, 0.3) is 59.6 Å². The molecule has 10 rings (SSSR count). The number of nitrogens with one attached hydrogen (secondary N) is 1. The third-order valence-electron chi connectivity index (χ3n) is 10.1. The Bertz CT molecular complexity index is 2720. The van der Waals surface area contributed by atoms with Crippen molar-refractivity contribution in [3.05, 3.63) is 187 Å². The van der Waals surface area contributed by atoms with E-state index in [-0.39, 0.29) is 6.04 Å². The topological polar surface area (TPSA) is 15.3 Å². The van der Waals surface area contributed by atoms with Crippen molar-refractivity contribution in [2.75, 3.05) is 10.2 Å². The van der Waals surface area contributed by atoms with Crippen molar-refractivity contribution in [3.63, 3.8) is 0 Å². The predicted molar refractivity (Wildman–Crippen MR) is 216 cm³/mol. The number of nitrogens with zero attached hydrogens (tertiary/aromatic N) is 1. The SMILES string of the molecule is C1=CC(c2ccc(N(c3ccc(-c4ccccc4)cc3)c3cc4ccc5ccccc5c4c4ccccc34)cc2)Nc2sc3ccccc3c21. The number of hydrogen-bond acceptors (Lipinski definition) is 3. The summed E-state index contributed by atoms with van der Waals surface area (Å²) in [6.45, 7) is 0. The maximum Gasteiger partial charge on any atom is 0.0975 e. The molecule has 0 radical (unpaired) electrons. The molecule has 2 heterocycles. The van der Waals surface area contributed by atoms with Crippen molar-refractivity contribution >= 4 is 81.9 Å². The van der Waals surface area contributed by atoms with Gasteiger partial charge in [-0.05, 0) is 80.0 Å². The molecule has 50 heavy (non-hydrogen) atoms. The van der Waals surface area contributed by atoms with E-state index in [1.165, 1.54) is 69.7 Å². The van der Waals surface area contributed by atoms with E-state index in [1.807, 2.05) is 11.3 Å². The van der Waals surface area contributed by atoms with Gasteiger partial charge in [0.1, 0.15) is 0 Å². The molecule has 2 nitrogen and oxygen atoms in total. The van der Waals surface area contributed by atoms with Gasteiger partial charge in [-0.25, -0.2) is 0 Å². The van der Waals surface area contributed by atoms with Crippen LogP contribution in [0.2, 0.25) is 0 Å². The second-order valence-electron chi connectivity index (χ2n) is 13.0. The van der Waals surface area contributed by atoms with Crippen LogP contribution in [0.5, 0.6) is 0 Å². The van der Waals surface area contributed by atoms with E-state index in [2.05, 4.69) is 192 Å². The molecule has 1 aliphatic rings. The summed E-state index contributed by atoms with van der Waals surface area (Å²) in [4.78, 5) is 2.42. The quantitative estimate of drug-likeness (QED) is 0.186. The molecule has 1 N–H and O–H groups in total. The summed E-state index contributed by atoms with van der Waals surface area (Å²) in [6, 6.07) is 61.9. The van der Waals surface area contributed by atoms with E-state index >= 15 is 0 Å². The lowest BCUT2D eigenvalue weighted by Crippen LogP contribution is -2.13. The maximum absolute atomic E-state index is 3.81. The summed E-state index contributed by atoms with van der Waals surface area (Å²) in [5, 5.41) is 13.9. The van der Waals surface area contributed by atoms with Crippen LogP contribution in [-0.2, 0) is 0 Å². The van der Waals surface area contributed by atoms with Gasteiger partial charge in [0.15, 0.2) is 0 Å². The highest BCUT2D eigenvalue weighted by molar-refractivity contribution is 7.23. The highest BCUT2D eigenvalue weighted by Crippen LogP contribution is 2.45. The zero-order valence-corrected chi connectivity index (χ0v) is 28.1. The lowest BCUT2D eigenvalue weighted by atomic mass is 9.94. The molecule has 0 bridgehead atoms. The molecular formula is C47H32N2S. The Morgan fingerprint density at radius 1 is 0.500 bits per heavy atom. The average molecular weight is 657 g/mol. The second kappa shape index (κ2) is 11.8. The number of benzene rings is 8. The highest BCUT2D eigenvalue weighted by Gasteiger charge is 2.21. The Balaban J connectivity index is 1.11. The second-order valence-corrected chi connectivity index (χ2v) is 14.0. The van der Waals surface area contributed by atoms with Crippen LogP contribution in [0.3, 0.4) is 0 Å². The van der Waals surface area contributed by atoms with Gasteiger partial charge in [-0.1, -0.05) is 146 Å². The lowest BCUT2D eigenvalue weighted by Gasteiger charge is -2.28. The largest absolute Gasteiger partial charge is 0.366 e. The number of anilines is 4. The summed E-state index contributed by atoms with van der Waals surface area (Å²) >= 11 is 1.83. The zero-order chi connectivity index (χ0) is 33.0. The van der Waals surface area contributed by atoms with Crippen LogP contribution in [0, 0.1) is 0 Å².